The van der Waals surface area contributed by atoms with Crippen molar-refractivity contribution in [2.75, 3.05) is 0 Å². The van der Waals surface area contributed by atoms with Gasteiger partial charge in [0.2, 0.25) is 0 Å². The van der Waals surface area contributed by atoms with Gasteiger partial charge in [-0.3, -0.25) is 4.68 Å². The molecule has 1 N–H and O–H groups in total. The van der Waals surface area contributed by atoms with Crippen LogP contribution in [0.25, 0.3) is 22.8 Å². The summed E-state index contributed by atoms with van der Waals surface area (Å²) in [6.07, 6.45) is 3.71. The summed E-state index contributed by atoms with van der Waals surface area (Å²) in [5, 5.41) is 6.07. The van der Waals surface area contributed by atoms with Crippen molar-refractivity contribution < 1.29 is 0 Å². The molecule has 0 bridgehead atoms. The number of H-pyrrole nitrogens is 1. The number of aromatic amines is 1. The summed E-state index contributed by atoms with van der Waals surface area (Å²) in [7, 11) is 1.88. The number of rotatable bonds is 2. The fourth-order valence-electron chi connectivity index (χ4n) is 1.62. The Hall–Kier alpha value is -1.86. The van der Waals surface area contributed by atoms with Gasteiger partial charge in [-0.15, -0.1) is 11.3 Å². The van der Waals surface area contributed by atoms with E-state index in [2.05, 4.69) is 20.1 Å². The molecule has 5 nitrogen and oxygen atoms in total. The molecule has 90 valence electrons. The van der Waals surface area contributed by atoms with Gasteiger partial charge in [0.15, 0.2) is 5.82 Å². The molecule has 7 heteroatoms. The van der Waals surface area contributed by atoms with Crippen LogP contribution >= 0.6 is 23.6 Å². The fourth-order valence-corrected chi connectivity index (χ4v) is 2.37. The molecule has 0 atom stereocenters. The number of nitrogens with one attached hydrogen (secondary N) is 1. The van der Waals surface area contributed by atoms with Crippen LogP contribution in [0.4, 0.5) is 0 Å². The van der Waals surface area contributed by atoms with E-state index in [1.165, 1.54) is 11.3 Å². The van der Waals surface area contributed by atoms with Crippen molar-refractivity contribution in [3.8, 4) is 22.8 Å². The highest BCUT2D eigenvalue weighted by atomic mass is 32.1. The van der Waals surface area contributed by atoms with E-state index in [1.807, 2.05) is 24.7 Å². The van der Waals surface area contributed by atoms with Gasteiger partial charge in [-0.25, -0.2) is 9.97 Å². The number of aryl methyl sites for hydroxylation is 1. The highest BCUT2D eigenvalue weighted by molar-refractivity contribution is 7.71. The van der Waals surface area contributed by atoms with Crippen LogP contribution in [0.3, 0.4) is 0 Å². The Morgan fingerprint density at radius 2 is 2.33 bits per heavy atom. The van der Waals surface area contributed by atoms with Gasteiger partial charge in [0.25, 0.3) is 0 Å². The molecule has 0 aliphatic carbocycles. The Kier molecular flexibility index (Phi) is 2.77. The third kappa shape index (κ3) is 2.09. The first-order valence-corrected chi connectivity index (χ1v) is 6.56. The lowest BCUT2D eigenvalue weighted by atomic mass is 10.2. The number of hydrogen-bond acceptors (Lipinski definition) is 5. The molecule has 3 aromatic heterocycles. The molecule has 0 fully saturated rings. The summed E-state index contributed by atoms with van der Waals surface area (Å²) in [5.41, 5.74) is 4.44. The van der Waals surface area contributed by atoms with Gasteiger partial charge in [0.05, 0.1) is 17.4 Å². The largest absolute Gasteiger partial charge is 0.338 e. The number of thiazole rings is 1. The Balaban J connectivity index is 2.15. The second-order valence-electron chi connectivity index (χ2n) is 3.76. The summed E-state index contributed by atoms with van der Waals surface area (Å²) in [6, 6.07) is 1.82. The predicted molar refractivity (Wildman–Crippen MR) is 72.7 cm³/mol. The van der Waals surface area contributed by atoms with E-state index >= 15 is 0 Å². The summed E-state index contributed by atoms with van der Waals surface area (Å²) in [4.78, 5) is 11.7. The van der Waals surface area contributed by atoms with Gasteiger partial charge >= 0.3 is 0 Å². The van der Waals surface area contributed by atoms with E-state index in [0.29, 0.717) is 10.5 Å². The van der Waals surface area contributed by atoms with Gasteiger partial charge in [-0.05, 0) is 6.07 Å². The maximum atomic E-state index is 5.19. The topological polar surface area (TPSA) is 59.4 Å². The molecule has 0 unspecified atom stereocenters. The molecule has 0 amide bonds. The third-order valence-corrected chi connectivity index (χ3v) is 3.23. The normalized spacial score (nSPS) is 10.7. The van der Waals surface area contributed by atoms with E-state index in [-0.39, 0.29) is 0 Å². The zero-order valence-corrected chi connectivity index (χ0v) is 11.1. The minimum Gasteiger partial charge on any atom is -0.338 e. The molecule has 0 saturated heterocycles. The van der Waals surface area contributed by atoms with Crippen molar-refractivity contribution in [3.63, 3.8) is 0 Å². The van der Waals surface area contributed by atoms with Crippen molar-refractivity contribution in [1.82, 2.24) is 24.7 Å². The van der Waals surface area contributed by atoms with Crippen molar-refractivity contribution in [3.05, 3.63) is 34.0 Å². The third-order valence-electron chi connectivity index (χ3n) is 2.43. The van der Waals surface area contributed by atoms with Crippen LogP contribution in [-0.2, 0) is 7.05 Å². The van der Waals surface area contributed by atoms with Crippen LogP contribution in [0.15, 0.2) is 29.4 Å². The maximum absolute atomic E-state index is 5.19. The van der Waals surface area contributed by atoms with Crippen molar-refractivity contribution >= 4 is 23.6 Å². The molecule has 3 rings (SSSR count). The first kappa shape index (κ1) is 11.2. The number of nitrogens with zero attached hydrogens (tertiary/aromatic N) is 4. The highest BCUT2D eigenvalue weighted by Crippen LogP contribution is 2.20. The van der Waals surface area contributed by atoms with Gasteiger partial charge in [-0.2, -0.15) is 5.10 Å². The smallest absolute Gasteiger partial charge is 0.158 e. The molecule has 0 radical (unpaired) electrons. The average Bonchev–Trinajstić information content (AvgIpc) is 2.98. The molecule has 0 aromatic carbocycles. The average molecular weight is 275 g/mol. The summed E-state index contributed by atoms with van der Waals surface area (Å²) in [5.74, 6) is 0.683. The number of aromatic nitrogens is 5. The van der Waals surface area contributed by atoms with E-state index in [9.17, 15) is 0 Å². The first-order valence-electron chi connectivity index (χ1n) is 5.21. The SMILES string of the molecule is Cn1cc(-c2cc(=S)nc(-c3cscn3)[nH]2)cn1. The molecule has 0 aliphatic rings. The lowest BCUT2D eigenvalue weighted by Crippen LogP contribution is -1.92. The zero-order chi connectivity index (χ0) is 12.5. The van der Waals surface area contributed by atoms with E-state index in [0.717, 1.165) is 17.0 Å². The zero-order valence-electron chi connectivity index (χ0n) is 9.49. The Morgan fingerprint density at radius 3 is 3.00 bits per heavy atom. The minimum absolute atomic E-state index is 0.538. The molecule has 18 heavy (non-hydrogen) atoms. The standard InChI is InChI=1S/C11H9N5S2/c1-16-4-7(3-13-16)8-2-10(17)15-11(14-8)9-5-18-6-12-9/h2-6H,1H3,(H,14,15,17). The second-order valence-corrected chi connectivity index (χ2v) is 4.89. The van der Waals surface area contributed by atoms with Crippen molar-refractivity contribution in [2.24, 2.45) is 7.05 Å². The summed E-state index contributed by atoms with van der Waals surface area (Å²) < 4.78 is 2.28. The van der Waals surface area contributed by atoms with Crippen LogP contribution in [-0.4, -0.2) is 24.7 Å². The molecular formula is C11H9N5S2. The van der Waals surface area contributed by atoms with Gasteiger partial charge in [0.1, 0.15) is 10.3 Å². The predicted octanol–water partition coefficient (Wildman–Crippen LogP) is 2.66. The lowest BCUT2D eigenvalue weighted by Gasteiger charge is -2.01. The van der Waals surface area contributed by atoms with Crippen LogP contribution in [0.5, 0.6) is 0 Å². The Bertz CT molecular complexity index is 726. The quantitative estimate of drug-likeness (QED) is 0.730. The van der Waals surface area contributed by atoms with Crippen LogP contribution in [0.1, 0.15) is 0 Å². The van der Waals surface area contributed by atoms with Crippen molar-refractivity contribution in [2.45, 2.75) is 0 Å². The van der Waals surface area contributed by atoms with E-state index < -0.39 is 0 Å². The van der Waals surface area contributed by atoms with Crippen LogP contribution in [0, 0.1) is 4.64 Å². The lowest BCUT2D eigenvalue weighted by molar-refractivity contribution is 0.768. The van der Waals surface area contributed by atoms with Gasteiger partial charge in [-0.1, -0.05) is 12.2 Å². The maximum Gasteiger partial charge on any atom is 0.158 e. The summed E-state index contributed by atoms with van der Waals surface area (Å²) in [6.45, 7) is 0. The van der Waals surface area contributed by atoms with E-state index in [4.69, 9.17) is 12.2 Å². The fraction of sp³-hybridized carbons (Fsp3) is 0.0909. The molecule has 0 spiro atoms. The van der Waals surface area contributed by atoms with E-state index in [1.54, 1.807) is 16.4 Å². The number of hydrogen-bond donors (Lipinski definition) is 1. The molecular weight excluding hydrogens is 266 g/mol. The van der Waals surface area contributed by atoms with Crippen molar-refractivity contribution in [1.29, 1.82) is 0 Å². The van der Waals surface area contributed by atoms with Gasteiger partial charge < -0.3 is 4.98 Å². The first-order chi connectivity index (χ1) is 8.72. The Labute approximate surface area is 112 Å². The second kappa shape index (κ2) is 4.43. The Morgan fingerprint density at radius 1 is 1.44 bits per heavy atom. The highest BCUT2D eigenvalue weighted by Gasteiger charge is 2.07. The summed E-state index contributed by atoms with van der Waals surface area (Å²) >= 11 is 6.71. The molecule has 0 aliphatic heterocycles. The minimum atomic E-state index is 0.538. The molecule has 3 heterocycles. The molecule has 3 aromatic rings. The van der Waals surface area contributed by atoms with Crippen LogP contribution < -0.4 is 0 Å². The van der Waals surface area contributed by atoms with Gasteiger partial charge in [0, 0.05) is 24.2 Å². The molecule has 0 saturated carbocycles. The monoisotopic (exact) mass is 275 g/mol. The van der Waals surface area contributed by atoms with Crippen LogP contribution in [0.2, 0.25) is 0 Å².